The molecule has 2 rings (SSSR count). The number of halogens is 2. The summed E-state index contributed by atoms with van der Waals surface area (Å²) in [7, 11) is 4.17. The fourth-order valence-corrected chi connectivity index (χ4v) is 3.03. The molecule has 0 bridgehead atoms. The van der Waals surface area contributed by atoms with E-state index in [1.807, 2.05) is 12.1 Å². The molecule has 21 heavy (non-hydrogen) atoms. The van der Waals surface area contributed by atoms with E-state index in [1.165, 1.54) is 0 Å². The third kappa shape index (κ3) is 4.16. The molecule has 1 aromatic carbocycles. The van der Waals surface area contributed by atoms with Gasteiger partial charge in [0.1, 0.15) is 0 Å². The highest BCUT2D eigenvalue weighted by atomic mass is 79.9. The van der Waals surface area contributed by atoms with Crippen LogP contribution in [0.25, 0.3) is 0 Å². The molecule has 1 aromatic rings. The topological polar surface area (TPSA) is 35.7 Å². The summed E-state index contributed by atoms with van der Waals surface area (Å²) in [5.41, 5.74) is 7.08. The highest BCUT2D eigenvalue weighted by Gasteiger charge is 2.21. The second-order valence-electron chi connectivity index (χ2n) is 5.71. The lowest BCUT2D eigenvalue weighted by atomic mass is 10.1. The van der Waals surface area contributed by atoms with Gasteiger partial charge >= 0.3 is 0 Å². The fourth-order valence-electron chi connectivity index (χ4n) is 2.53. The van der Waals surface area contributed by atoms with Crippen molar-refractivity contribution in [3.05, 3.63) is 28.0 Å². The second kappa shape index (κ2) is 7.54. The predicted molar refractivity (Wildman–Crippen MR) is 89.2 cm³/mol. The quantitative estimate of drug-likeness (QED) is 0.869. The van der Waals surface area contributed by atoms with Gasteiger partial charge in [0.25, 0.3) is 0 Å². The Kier molecular flexibility index (Phi) is 5.98. The van der Waals surface area contributed by atoms with Crippen LogP contribution in [0.3, 0.4) is 0 Å². The average molecular weight is 359 g/mol. The van der Waals surface area contributed by atoms with Gasteiger partial charge in [0, 0.05) is 45.8 Å². The maximum Gasteiger partial charge on any atom is 0.160 e. The molecule has 1 aliphatic heterocycles. The molecule has 0 aliphatic carbocycles. The number of benzene rings is 1. The molecule has 1 fully saturated rings. The lowest BCUT2D eigenvalue weighted by Crippen LogP contribution is -2.48. The Labute approximate surface area is 134 Å². The van der Waals surface area contributed by atoms with Crippen LogP contribution in [0.1, 0.15) is 5.56 Å². The number of nitrogens with two attached hydrogens (primary N) is 1. The molecule has 118 valence electrons. The molecule has 6 heteroatoms. The summed E-state index contributed by atoms with van der Waals surface area (Å²) in [6.07, 6.45) is 0. The maximum absolute atomic E-state index is 14.4. The summed E-state index contributed by atoms with van der Waals surface area (Å²) >= 11 is 3.31. The van der Waals surface area contributed by atoms with Crippen molar-refractivity contribution < 1.29 is 4.39 Å². The van der Waals surface area contributed by atoms with Crippen LogP contribution in [0.4, 0.5) is 10.1 Å². The highest BCUT2D eigenvalue weighted by molar-refractivity contribution is 9.10. The molecule has 0 unspecified atom stereocenters. The van der Waals surface area contributed by atoms with Gasteiger partial charge in [0.2, 0.25) is 0 Å². The summed E-state index contributed by atoms with van der Waals surface area (Å²) in [6, 6.07) is 3.75. The molecular weight excluding hydrogens is 335 g/mol. The first kappa shape index (κ1) is 16.7. The number of rotatable bonds is 5. The van der Waals surface area contributed by atoms with Gasteiger partial charge < -0.3 is 15.5 Å². The summed E-state index contributed by atoms with van der Waals surface area (Å²) in [5, 5.41) is 0. The van der Waals surface area contributed by atoms with Gasteiger partial charge in [-0.25, -0.2) is 4.39 Å². The third-order valence-corrected chi connectivity index (χ3v) is 4.80. The van der Waals surface area contributed by atoms with Crippen LogP contribution >= 0.6 is 15.9 Å². The molecule has 2 N–H and O–H groups in total. The number of anilines is 1. The minimum absolute atomic E-state index is 0.195. The van der Waals surface area contributed by atoms with E-state index in [1.54, 1.807) is 0 Å². The standard InChI is InChI=1S/C15H24BrFN4/c1-19(2)5-6-20-7-9-21(10-8-20)13-4-3-12(11-18)14(16)15(13)17/h3-4H,5-11,18H2,1-2H3. The molecule has 1 saturated heterocycles. The Morgan fingerprint density at radius 3 is 2.48 bits per heavy atom. The van der Waals surface area contributed by atoms with Crippen molar-refractivity contribution in [2.75, 3.05) is 58.3 Å². The highest BCUT2D eigenvalue weighted by Crippen LogP contribution is 2.29. The summed E-state index contributed by atoms with van der Waals surface area (Å²) in [6.45, 7) is 6.14. The van der Waals surface area contributed by atoms with Crippen LogP contribution in [0, 0.1) is 5.82 Å². The molecule has 0 atom stereocenters. The smallest absolute Gasteiger partial charge is 0.160 e. The van der Waals surface area contributed by atoms with Crippen molar-refractivity contribution in [1.82, 2.24) is 9.80 Å². The first-order valence-corrected chi connectivity index (χ1v) is 8.11. The van der Waals surface area contributed by atoms with Gasteiger partial charge in [-0.1, -0.05) is 6.07 Å². The Hall–Kier alpha value is -0.690. The predicted octanol–water partition coefficient (Wildman–Crippen LogP) is 1.73. The molecule has 0 amide bonds. The zero-order valence-electron chi connectivity index (χ0n) is 12.8. The van der Waals surface area contributed by atoms with E-state index in [0.717, 1.165) is 44.8 Å². The minimum Gasteiger partial charge on any atom is -0.367 e. The normalized spacial score (nSPS) is 16.8. The van der Waals surface area contributed by atoms with Gasteiger partial charge in [-0.15, -0.1) is 0 Å². The van der Waals surface area contributed by atoms with Crippen molar-refractivity contribution in [2.24, 2.45) is 5.73 Å². The first-order chi connectivity index (χ1) is 10.0. The van der Waals surface area contributed by atoms with E-state index >= 15 is 0 Å². The average Bonchev–Trinajstić information content (AvgIpc) is 2.48. The monoisotopic (exact) mass is 358 g/mol. The second-order valence-corrected chi connectivity index (χ2v) is 6.50. The molecule has 1 aliphatic rings. The van der Waals surface area contributed by atoms with E-state index in [4.69, 9.17) is 5.73 Å². The van der Waals surface area contributed by atoms with Gasteiger partial charge in [0.05, 0.1) is 10.2 Å². The fraction of sp³-hybridized carbons (Fsp3) is 0.600. The lowest BCUT2D eigenvalue weighted by Gasteiger charge is -2.36. The number of nitrogens with zero attached hydrogens (tertiary/aromatic N) is 3. The molecular formula is C15H24BrFN4. The lowest BCUT2D eigenvalue weighted by molar-refractivity contribution is 0.229. The Morgan fingerprint density at radius 1 is 1.24 bits per heavy atom. The Balaban J connectivity index is 1.98. The van der Waals surface area contributed by atoms with Crippen molar-refractivity contribution >= 4 is 21.6 Å². The van der Waals surface area contributed by atoms with E-state index in [9.17, 15) is 4.39 Å². The van der Waals surface area contributed by atoms with E-state index in [0.29, 0.717) is 16.7 Å². The molecule has 0 spiro atoms. The Morgan fingerprint density at radius 2 is 1.90 bits per heavy atom. The number of likely N-dealkylation sites (N-methyl/N-ethyl adjacent to an activating group) is 1. The van der Waals surface area contributed by atoms with Crippen LogP contribution in [-0.4, -0.2) is 63.2 Å². The SMILES string of the molecule is CN(C)CCN1CCN(c2ccc(CN)c(Br)c2F)CC1. The van der Waals surface area contributed by atoms with Crippen LogP contribution in [-0.2, 0) is 6.54 Å². The van der Waals surface area contributed by atoms with Crippen LogP contribution < -0.4 is 10.6 Å². The maximum atomic E-state index is 14.4. The summed E-state index contributed by atoms with van der Waals surface area (Å²) < 4.78 is 14.9. The van der Waals surface area contributed by atoms with Crippen LogP contribution in [0.5, 0.6) is 0 Å². The van der Waals surface area contributed by atoms with Crippen LogP contribution in [0.2, 0.25) is 0 Å². The van der Waals surface area contributed by atoms with Crippen molar-refractivity contribution in [3.63, 3.8) is 0 Å². The molecule has 0 radical (unpaired) electrons. The van der Waals surface area contributed by atoms with Gasteiger partial charge in [-0.05, 0) is 41.7 Å². The molecule has 4 nitrogen and oxygen atoms in total. The van der Waals surface area contributed by atoms with Gasteiger partial charge in [-0.2, -0.15) is 0 Å². The first-order valence-electron chi connectivity index (χ1n) is 7.32. The number of piperazine rings is 1. The third-order valence-electron chi connectivity index (χ3n) is 3.94. The largest absolute Gasteiger partial charge is 0.367 e. The Bertz CT molecular complexity index is 473. The van der Waals surface area contributed by atoms with Gasteiger partial charge in [-0.3, -0.25) is 4.90 Å². The van der Waals surface area contributed by atoms with E-state index < -0.39 is 0 Å². The summed E-state index contributed by atoms with van der Waals surface area (Å²) in [4.78, 5) is 6.74. The molecule has 0 saturated carbocycles. The molecule has 0 aromatic heterocycles. The number of hydrogen-bond acceptors (Lipinski definition) is 4. The summed E-state index contributed by atoms with van der Waals surface area (Å²) in [5.74, 6) is -0.195. The van der Waals surface area contributed by atoms with Gasteiger partial charge in [0.15, 0.2) is 5.82 Å². The molecule has 1 heterocycles. The minimum atomic E-state index is -0.195. The van der Waals surface area contributed by atoms with Crippen molar-refractivity contribution in [1.29, 1.82) is 0 Å². The van der Waals surface area contributed by atoms with E-state index in [-0.39, 0.29) is 5.82 Å². The van der Waals surface area contributed by atoms with Crippen molar-refractivity contribution in [2.45, 2.75) is 6.54 Å². The van der Waals surface area contributed by atoms with Crippen LogP contribution in [0.15, 0.2) is 16.6 Å². The zero-order valence-corrected chi connectivity index (χ0v) is 14.4. The number of hydrogen-bond donors (Lipinski definition) is 1. The van der Waals surface area contributed by atoms with Crippen molar-refractivity contribution in [3.8, 4) is 0 Å². The zero-order chi connectivity index (χ0) is 15.4. The van der Waals surface area contributed by atoms with E-state index in [2.05, 4.69) is 44.7 Å².